The van der Waals surface area contributed by atoms with Gasteiger partial charge in [0.05, 0.1) is 6.61 Å². The molecule has 0 atom stereocenters. The zero-order chi connectivity index (χ0) is 12.3. The molecular weight excluding hydrogens is 228 g/mol. The minimum atomic E-state index is -0.800. The molecule has 0 aliphatic heterocycles. The number of hydrogen-bond donors (Lipinski definition) is 1. The van der Waals surface area contributed by atoms with Crippen LogP contribution in [0.4, 0.5) is 8.78 Å². The standard InChI is InChI=1S/C12H9F2NO2/c13-9-1-2-12(10(14)5-9)17-11-3-4-15-6-8(11)7-16/h1-6,16H,7H2. The van der Waals surface area contributed by atoms with E-state index in [9.17, 15) is 8.78 Å². The van der Waals surface area contributed by atoms with Crippen molar-refractivity contribution in [2.75, 3.05) is 0 Å². The van der Waals surface area contributed by atoms with E-state index < -0.39 is 11.6 Å². The Kier molecular flexibility index (Phi) is 3.30. The number of aromatic nitrogens is 1. The van der Waals surface area contributed by atoms with Crippen LogP contribution in [-0.2, 0) is 6.61 Å². The van der Waals surface area contributed by atoms with Crippen LogP contribution in [0.1, 0.15) is 5.56 Å². The number of nitrogens with zero attached hydrogens (tertiary/aromatic N) is 1. The first-order valence-corrected chi connectivity index (χ1v) is 4.87. The average Bonchev–Trinajstić information content (AvgIpc) is 2.33. The number of aliphatic hydroxyl groups is 1. The molecule has 0 unspecified atom stereocenters. The van der Waals surface area contributed by atoms with Crippen LogP contribution >= 0.6 is 0 Å². The molecule has 17 heavy (non-hydrogen) atoms. The van der Waals surface area contributed by atoms with Crippen molar-refractivity contribution in [1.29, 1.82) is 0 Å². The predicted octanol–water partition coefficient (Wildman–Crippen LogP) is 2.64. The summed E-state index contributed by atoms with van der Waals surface area (Å²) in [6.45, 7) is -0.272. The SMILES string of the molecule is OCc1cnccc1Oc1ccc(F)cc1F. The normalized spacial score (nSPS) is 10.3. The molecule has 0 saturated heterocycles. The number of aliphatic hydroxyl groups excluding tert-OH is 1. The quantitative estimate of drug-likeness (QED) is 0.892. The lowest BCUT2D eigenvalue weighted by molar-refractivity contribution is 0.275. The minimum absolute atomic E-state index is 0.104. The van der Waals surface area contributed by atoms with E-state index in [1.807, 2.05) is 0 Å². The number of ether oxygens (including phenoxy) is 1. The third kappa shape index (κ3) is 2.57. The van der Waals surface area contributed by atoms with E-state index in [0.717, 1.165) is 12.1 Å². The lowest BCUT2D eigenvalue weighted by Gasteiger charge is -2.09. The van der Waals surface area contributed by atoms with E-state index >= 15 is 0 Å². The van der Waals surface area contributed by atoms with Gasteiger partial charge in [-0.2, -0.15) is 0 Å². The highest BCUT2D eigenvalue weighted by molar-refractivity contribution is 5.36. The summed E-state index contributed by atoms with van der Waals surface area (Å²) in [6.07, 6.45) is 2.87. The molecule has 0 amide bonds. The van der Waals surface area contributed by atoms with Crippen molar-refractivity contribution in [1.82, 2.24) is 4.98 Å². The highest BCUT2D eigenvalue weighted by Crippen LogP contribution is 2.27. The van der Waals surface area contributed by atoms with Gasteiger partial charge in [-0.1, -0.05) is 0 Å². The van der Waals surface area contributed by atoms with Crippen molar-refractivity contribution in [3.05, 3.63) is 53.9 Å². The minimum Gasteiger partial charge on any atom is -0.454 e. The van der Waals surface area contributed by atoms with Gasteiger partial charge in [0.25, 0.3) is 0 Å². The Labute approximate surface area is 96.3 Å². The number of benzene rings is 1. The van der Waals surface area contributed by atoms with E-state index in [2.05, 4.69) is 4.98 Å². The Morgan fingerprint density at radius 3 is 2.71 bits per heavy atom. The summed E-state index contributed by atoms with van der Waals surface area (Å²) in [5.74, 6) is -1.29. The lowest BCUT2D eigenvalue weighted by Crippen LogP contribution is -1.94. The third-order valence-electron chi connectivity index (χ3n) is 2.14. The van der Waals surface area contributed by atoms with Crippen molar-refractivity contribution in [3.8, 4) is 11.5 Å². The summed E-state index contributed by atoms with van der Waals surface area (Å²) in [7, 11) is 0. The molecule has 5 heteroatoms. The molecule has 0 fully saturated rings. The van der Waals surface area contributed by atoms with Crippen LogP contribution in [0.25, 0.3) is 0 Å². The lowest BCUT2D eigenvalue weighted by atomic mass is 10.2. The van der Waals surface area contributed by atoms with Crippen LogP contribution in [0, 0.1) is 11.6 Å². The fraction of sp³-hybridized carbons (Fsp3) is 0.0833. The molecule has 88 valence electrons. The van der Waals surface area contributed by atoms with Gasteiger partial charge in [-0.25, -0.2) is 8.78 Å². The second-order valence-corrected chi connectivity index (χ2v) is 3.32. The highest BCUT2D eigenvalue weighted by Gasteiger charge is 2.08. The van der Waals surface area contributed by atoms with E-state index in [1.54, 1.807) is 0 Å². The fourth-order valence-corrected chi connectivity index (χ4v) is 1.31. The van der Waals surface area contributed by atoms with Crippen molar-refractivity contribution < 1.29 is 18.6 Å². The van der Waals surface area contributed by atoms with Crippen molar-refractivity contribution in [2.24, 2.45) is 0 Å². The molecule has 0 bridgehead atoms. The highest BCUT2D eigenvalue weighted by atomic mass is 19.1. The molecule has 3 nitrogen and oxygen atoms in total. The van der Waals surface area contributed by atoms with Gasteiger partial charge < -0.3 is 9.84 Å². The Morgan fingerprint density at radius 1 is 1.18 bits per heavy atom. The van der Waals surface area contributed by atoms with Gasteiger partial charge in [0.2, 0.25) is 0 Å². The zero-order valence-electron chi connectivity index (χ0n) is 8.73. The van der Waals surface area contributed by atoms with E-state index in [4.69, 9.17) is 9.84 Å². The summed E-state index contributed by atoms with van der Waals surface area (Å²) in [6, 6.07) is 4.51. The van der Waals surface area contributed by atoms with Crippen LogP contribution in [-0.4, -0.2) is 10.1 Å². The number of hydrogen-bond acceptors (Lipinski definition) is 3. The Morgan fingerprint density at radius 2 is 2.00 bits per heavy atom. The fourth-order valence-electron chi connectivity index (χ4n) is 1.31. The van der Waals surface area contributed by atoms with Gasteiger partial charge >= 0.3 is 0 Å². The molecule has 0 aliphatic rings. The summed E-state index contributed by atoms with van der Waals surface area (Å²) >= 11 is 0. The number of pyridine rings is 1. The van der Waals surface area contributed by atoms with Gasteiger partial charge in [0.15, 0.2) is 11.6 Å². The first kappa shape index (κ1) is 11.5. The molecule has 1 aromatic heterocycles. The molecule has 1 aromatic carbocycles. The maximum atomic E-state index is 13.3. The van der Waals surface area contributed by atoms with E-state index in [0.29, 0.717) is 5.56 Å². The van der Waals surface area contributed by atoms with Gasteiger partial charge in [0, 0.05) is 24.0 Å². The molecule has 1 N–H and O–H groups in total. The molecular formula is C12H9F2NO2. The Hall–Kier alpha value is -2.01. The molecule has 1 heterocycles. The van der Waals surface area contributed by atoms with E-state index in [-0.39, 0.29) is 18.1 Å². The van der Waals surface area contributed by atoms with E-state index in [1.165, 1.54) is 24.5 Å². The summed E-state index contributed by atoms with van der Waals surface area (Å²) in [5, 5.41) is 9.04. The van der Waals surface area contributed by atoms with Gasteiger partial charge in [-0.15, -0.1) is 0 Å². The van der Waals surface area contributed by atoms with Gasteiger partial charge in [-0.3, -0.25) is 4.98 Å². The second-order valence-electron chi connectivity index (χ2n) is 3.32. The predicted molar refractivity (Wildman–Crippen MR) is 56.6 cm³/mol. The third-order valence-corrected chi connectivity index (χ3v) is 2.14. The van der Waals surface area contributed by atoms with Crippen LogP contribution in [0.3, 0.4) is 0 Å². The van der Waals surface area contributed by atoms with Crippen molar-refractivity contribution >= 4 is 0 Å². The number of halogens is 2. The summed E-state index contributed by atoms with van der Waals surface area (Å²) in [5.41, 5.74) is 0.427. The average molecular weight is 237 g/mol. The maximum Gasteiger partial charge on any atom is 0.168 e. The molecule has 0 radical (unpaired) electrons. The van der Waals surface area contributed by atoms with Crippen LogP contribution < -0.4 is 4.74 Å². The van der Waals surface area contributed by atoms with Crippen LogP contribution in [0.2, 0.25) is 0 Å². The second kappa shape index (κ2) is 4.88. The Balaban J connectivity index is 2.31. The monoisotopic (exact) mass is 237 g/mol. The zero-order valence-corrected chi connectivity index (χ0v) is 8.73. The molecule has 0 aliphatic carbocycles. The number of rotatable bonds is 3. The topological polar surface area (TPSA) is 42.4 Å². The smallest absolute Gasteiger partial charge is 0.168 e. The summed E-state index contributed by atoms with van der Waals surface area (Å²) in [4.78, 5) is 3.80. The largest absolute Gasteiger partial charge is 0.454 e. The van der Waals surface area contributed by atoms with Crippen molar-refractivity contribution in [3.63, 3.8) is 0 Å². The molecule has 2 aromatic rings. The Bertz CT molecular complexity index is 532. The van der Waals surface area contributed by atoms with Crippen LogP contribution in [0.15, 0.2) is 36.7 Å². The molecule has 2 rings (SSSR count). The first-order valence-electron chi connectivity index (χ1n) is 4.87. The summed E-state index contributed by atoms with van der Waals surface area (Å²) < 4.78 is 31.3. The first-order chi connectivity index (χ1) is 8.20. The van der Waals surface area contributed by atoms with Crippen molar-refractivity contribution in [2.45, 2.75) is 6.61 Å². The van der Waals surface area contributed by atoms with Gasteiger partial charge in [0.1, 0.15) is 11.6 Å². The maximum absolute atomic E-state index is 13.3. The van der Waals surface area contributed by atoms with Crippen LogP contribution in [0.5, 0.6) is 11.5 Å². The van der Waals surface area contributed by atoms with Gasteiger partial charge in [-0.05, 0) is 18.2 Å². The molecule has 0 saturated carbocycles. The molecule has 0 spiro atoms.